The minimum absolute atomic E-state index is 0.0141. The Hall–Kier alpha value is -3.26. The highest BCUT2D eigenvalue weighted by molar-refractivity contribution is 7.22. The average molecular weight is 435 g/mol. The maximum absolute atomic E-state index is 12.9. The molecule has 2 aromatic carbocycles. The fourth-order valence-electron chi connectivity index (χ4n) is 3.70. The summed E-state index contributed by atoms with van der Waals surface area (Å²) in [5, 5.41) is 4.07. The lowest BCUT2D eigenvalue weighted by molar-refractivity contribution is -0.116. The third-order valence-electron chi connectivity index (χ3n) is 5.29. The number of nitrogens with one attached hydrogen (secondary N) is 1. The zero-order valence-electron chi connectivity index (χ0n) is 17.1. The number of para-hydroxylation sites is 1. The highest BCUT2D eigenvalue weighted by Gasteiger charge is 2.28. The summed E-state index contributed by atoms with van der Waals surface area (Å²) in [6.45, 7) is 2.54. The monoisotopic (exact) mass is 434 g/mol. The van der Waals surface area contributed by atoms with E-state index in [1.165, 1.54) is 11.3 Å². The van der Waals surface area contributed by atoms with Gasteiger partial charge in [-0.15, -0.1) is 0 Å². The predicted molar refractivity (Wildman–Crippen MR) is 122 cm³/mol. The van der Waals surface area contributed by atoms with E-state index in [1.807, 2.05) is 49.4 Å². The zero-order valence-corrected chi connectivity index (χ0v) is 17.9. The van der Waals surface area contributed by atoms with Crippen LogP contribution in [0.15, 0.2) is 47.3 Å². The number of anilines is 1. The van der Waals surface area contributed by atoms with Crippen molar-refractivity contribution in [2.75, 3.05) is 11.9 Å². The van der Waals surface area contributed by atoms with Crippen molar-refractivity contribution in [3.05, 3.63) is 58.6 Å². The fourth-order valence-corrected chi connectivity index (χ4v) is 4.61. The Morgan fingerprint density at radius 1 is 1.19 bits per heavy atom. The summed E-state index contributed by atoms with van der Waals surface area (Å²) < 4.78 is 8.26. The molecule has 1 saturated carbocycles. The summed E-state index contributed by atoms with van der Waals surface area (Å²) in [5.41, 5.74) is 1.48. The maximum Gasteiger partial charge on any atom is 0.261 e. The second kappa shape index (κ2) is 8.11. The summed E-state index contributed by atoms with van der Waals surface area (Å²) in [6.07, 6.45) is 2.60. The van der Waals surface area contributed by atoms with Crippen molar-refractivity contribution in [1.82, 2.24) is 14.5 Å². The van der Waals surface area contributed by atoms with Crippen molar-refractivity contribution < 1.29 is 9.53 Å². The molecule has 5 rings (SSSR count). The van der Waals surface area contributed by atoms with Gasteiger partial charge < -0.3 is 10.1 Å². The zero-order chi connectivity index (χ0) is 21.4. The average Bonchev–Trinajstić information content (AvgIpc) is 3.52. The van der Waals surface area contributed by atoms with Gasteiger partial charge in [-0.3, -0.25) is 14.2 Å². The molecule has 0 saturated heterocycles. The summed E-state index contributed by atoms with van der Waals surface area (Å²) in [7, 11) is 0. The Morgan fingerprint density at radius 3 is 2.84 bits per heavy atom. The highest BCUT2D eigenvalue weighted by Crippen LogP contribution is 2.35. The molecule has 8 heteroatoms. The number of rotatable bonds is 7. The van der Waals surface area contributed by atoms with E-state index in [9.17, 15) is 9.59 Å². The largest absolute Gasteiger partial charge is 0.494 e. The van der Waals surface area contributed by atoms with Crippen LogP contribution < -0.4 is 15.6 Å². The Kier molecular flexibility index (Phi) is 5.15. The molecule has 7 nitrogen and oxygen atoms in total. The van der Waals surface area contributed by atoms with Crippen molar-refractivity contribution in [3.63, 3.8) is 0 Å². The van der Waals surface area contributed by atoms with E-state index in [4.69, 9.17) is 9.72 Å². The molecule has 158 valence electrons. The molecule has 2 heterocycles. The van der Waals surface area contributed by atoms with Crippen LogP contribution in [0.2, 0.25) is 0 Å². The number of amides is 1. The Balaban J connectivity index is 1.33. The summed E-state index contributed by atoms with van der Waals surface area (Å²) >= 11 is 1.42. The van der Waals surface area contributed by atoms with Gasteiger partial charge >= 0.3 is 0 Å². The predicted octanol–water partition coefficient (Wildman–Crippen LogP) is 4.31. The number of carbonyl (C=O) groups excluding carboxylic acids is 1. The molecular formula is C23H22N4O3S. The molecule has 4 aromatic rings. The van der Waals surface area contributed by atoms with Gasteiger partial charge in [0.15, 0.2) is 5.13 Å². The first-order chi connectivity index (χ1) is 15.1. The van der Waals surface area contributed by atoms with Crippen LogP contribution in [0.1, 0.15) is 38.1 Å². The van der Waals surface area contributed by atoms with Crippen molar-refractivity contribution in [1.29, 1.82) is 0 Å². The molecule has 0 radical (unpaired) electrons. The van der Waals surface area contributed by atoms with E-state index in [0.717, 1.165) is 28.8 Å². The highest BCUT2D eigenvalue weighted by atomic mass is 32.1. The van der Waals surface area contributed by atoms with E-state index in [1.54, 1.807) is 4.57 Å². The number of benzene rings is 2. The Labute approximate surface area is 182 Å². The van der Waals surface area contributed by atoms with Gasteiger partial charge in [0.2, 0.25) is 5.91 Å². The second-order valence-corrected chi connectivity index (χ2v) is 8.61. The minimum Gasteiger partial charge on any atom is -0.494 e. The molecule has 1 aliphatic carbocycles. The number of nitrogens with zero attached hydrogens (tertiary/aromatic N) is 3. The van der Waals surface area contributed by atoms with Crippen LogP contribution >= 0.6 is 11.3 Å². The number of thiazole rings is 1. The topological polar surface area (TPSA) is 86.1 Å². The molecule has 0 bridgehead atoms. The molecule has 1 amide bonds. The van der Waals surface area contributed by atoms with Crippen LogP contribution in [-0.4, -0.2) is 27.0 Å². The number of fused-ring (bicyclic) bond motifs is 2. The third-order valence-corrected chi connectivity index (χ3v) is 6.22. The number of hydrogen-bond acceptors (Lipinski definition) is 6. The lowest BCUT2D eigenvalue weighted by Gasteiger charge is -2.12. The molecule has 0 aliphatic heterocycles. The molecule has 1 aliphatic rings. The van der Waals surface area contributed by atoms with Crippen molar-refractivity contribution in [3.8, 4) is 5.75 Å². The van der Waals surface area contributed by atoms with E-state index < -0.39 is 0 Å². The van der Waals surface area contributed by atoms with E-state index >= 15 is 0 Å². The van der Waals surface area contributed by atoms with Crippen LogP contribution in [0.25, 0.3) is 21.1 Å². The number of carbonyl (C=O) groups is 1. The van der Waals surface area contributed by atoms with Crippen LogP contribution in [0.5, 0.6) is 5.75 Å². The SMILES string of the molecule is CCOc1ccc2nc(NC(=O)CCc3nc4ccccc4c(=O)n3C3CC3)sc2c1. The lowest BCUT2D eigenvalue weighted by atomic mass is 10.2. The number of hydrogen-bond donors (Lipinski definition) is 1. The first-order valence-corrected chi connectivity index (χ1v) is 11.3. The standard InChI is InChI=1S/C23H22N4O3S/c1-2-30-15-9-10-18-19(13-15)31-23(25-18)26-21(28)12-11-20-24-17-6-4-3-5-16(17)22(29)27(20)14-7-8-14/h3-6,9-10,13-14H,2,7-8,11-12H2,1H3,(H,25,26,28). The fraction of sp³-hybridized carbons (Fsp3) is 0.304. The third kappa shape index (κ3) is 4.03. The normalized spacial score (nSPS) is 13.6. The van der Waals surface area contributed by atoms with Gasteiger partial charge in [0.25, 0.3) is 5.56 Å². The van der Waals surface area contributed by atoms with Crippen molar-refractivity contribution >= 4 is 43.5 Å². The number of ether oxygens (including phenoxy) is 1. The molecule has 2 aromatic heterocycles. The van der Waals surface area contributed by atoms with Crippen LogP contribution in [0.4, 0.5) is 5.13 Å². The van der Waals surface area contributed by atoms with Gasteiger partial charge in [-0.05, 0) is 50.1 Å². The van der Waals surface area contributed by atoms with Crippen molar-refractivity contribution in [2.24, 2.45) is 0 Å². The molecule has 31 heavy (non-hydrogen) atoms. The van der Waals surface area contributed by atoms with Gasteiger partial charge in [0, 0.05) is 18.9 Å². The number of aryl methyl sites for hydroxylation is 1. The quantitative estimate of drug-likeness (QED) is 0.468. The van der Waals surface area contributed by atoms with Gasteiger partial charge in [0.1, 0.15) is 11.6 Å². The second-order valence-electron chi connectivity index (χ2n) is 7.58. The van der Waals surface area contributed by atoms with Crippen LogP contribution in [0, 0.1) is 0 Å². The number of aromatic nitrogens is 3. The van der Waals surface area contributed by atoms with Gasteiger partial charge in [-0.2, -0.15) is 0 Å². The van der Waals surface area contributed by atoms with E-state index in [0.29, 0.717) is 34.9 Å². The maximum atomic E-state index is 12.9. The smallest absolute Gasteiger partial charge is 0.261 e. The van der Waals surface area contributed by atoms with Crippen LogP contribution in [0.3, 0.4) is 0 Å². The summed E-state index contributed by atoms with van der Waals surface area (Å²) in [5.74, 6) is 1.32. The van der Waals surface area contributed by atoms with Gasteiger partial charge in [-0.25, -0.2) is 9.97 Å². The van der Waals surface area contributed by atoms with Gasteiger partial charge in [0.05, 0.1) is 27.7 Å². The minimum atomic E-state index is -0.145. The molecule has 1 N–H and O–H groups in total. The summed E-state index contributed by atoms with van der Waals surface area (Å²) in [6, 6.07) is 13.3. The molecule has 0 atom stereocenters. The first kappa shape index (κ1) is 19.7. The Bertz CT molecular complexity index is 1340. The van der Waals surface area contributed by atoms with E-state index in [-0.39, 0.29) is 23.9 Å². The lowest BCUT2D eigenvalue weighted by Crippen LogP contribution is -2.25. The van der Waals surface area contributed by atoms with E-state index in [2.05, 4.69) is 10.3 Å². The molecule has 1 fully saturated rings. The molecule has 0 spiro atoms. The summed E-state index contributed by atoms with van der Waals surface area (Å²) in [4.78, 5) is 34.7. The van der Waals surface area contributed by atoms with Crippen molar-refractivity contribution in [2.45, 2.75) is 38.6 Å². The molecular weight excluding hydrogens is 412 g/mol. The molecule has 0 unspecified atom stereocenters. The first-order valence-electron chi connectivity index (χ1n) is 10.5. The van der Waals surface area contributed by atoms with Crippen LogP contribution in [-0.2, 0) is 11.2 Å². The van der Waals surface area contributed by atoms with Gasteiger partial charge in [-0.1, -0.05) is 23.5 Å². The Morgan fingerprint density at radius 2 is 2.03 bits per heavy atom.